The minimum absolute atomic E-state index is 0.0234. The van der Waals surface area contributed by atoms with Crippen molar-refractivity contribution in [3.05, 3.63) is 64.2 Å². The van der Waals surface area contributed by atoms with Gasteiger partial charge in [0.2, 0.25) is 0 Å². The molecule has 24 heavy (non-hydrogen) atoms. The lowest BCUT2D eigenvalue weighted by molar-refractivity contribution is -0.116. The second-order valence-electron chi connectivity index (χ2n) is 5.08. The van der Waals surface area contributed by atoms with Gasteiger partial charge in [0.05, 0.1) is 22.6 Å². The first-order chi connectivity index (χ1) is 11.2. The van der Waals surface area contributed by atoms with Crippen molar-refractivity contribution in [1.29, 1.82) is 0 Å². The maximum absolute atomic E-state index is 13.0. The third-order valence-corrected chi connectivity index (χ3v) is 3.58. The fourth-order valence-electron chi connectivity index (χ4n) is 2.14. The zero-order valence-electron chi connectivity index (χ0n) is 12.5. The average Bonchev–Trinajstić information content (AvgIpc) is 2.47. The molecule has 2 aromatic rings. The normalized spacial score (nSPS) is 11.2. The summed E-state index contributed by atoms with van der Waals surface area (Å²) in [6.45, 7) is 1.39. The van der Waals surface area contributed by atoms with E-state index in [1.54, 1.807) is 12.1 Å². The number of rotatable bonds is 6. The maximum Gasteiger partial charge on any atom is 0.451 e. The van der Waals surface area contributed by atoms with E-state index in [1.165, 1.54) is 37.3 Å². The van der Waals surface area contributed by atoms with Gasteiger partial charge < -0.3 is 4.74 Å². The van der Waals surface area contributed by atoms with Gasteiger partial charge in [0, 0.05) is 22.6 Å². The molecule has 0 aliphatic rings. The lowest BCUT2D eigenvalue weighted by Crippen LogP contribution is -2.16. The number of hydrogen-bond acceptors (Lipinski definition) is 3. The molecule has 0 atom stereocenters. The molecule has 0 spiro atoms. The Morgan fingerprint density at radius 2 is 1.79 bits per heavy atom. The van der Waals surface area contributed by atoms with Crippen molar-refractivity contribution in [2.75, 3.05) is 0 Å². The standard InChI is InChI=1S/C17H12ClF2IO3/c1-10(22)8-12-4-7-14(24-17(19,20)21)9-15(12)16(23)11-2-5-13(18)6-3-11/h2-7,9H,8H2,1H3. The van der Waals surface area contributed by atoms with E-state index in [9.17, 15) is 18.4 Å². The molecule has 0 fully saturated rings. The van der Waals surface area contributed by atoms with E-state index in [0.29, 0.717) is 16.1 Å². The maximum atomic E-state index is 13.0. The number of ketones is 2. The molecule has 0 N–H and O–H groups in total. The van der Waals surface area contributed by atoms with Gasteiger partial charge in [-0.15, -0.1) is 0 Å². The Bertz CT molecular complexity index is 770. The number of halogens is 4. The second-order valence-corrected chi connectivity index (χ2v) is 6.77. The molecule has 0 unspecified atom stereocenters. The van der Waals surface area contributed by atoms with Crippen LogP contribution in [0.5, 0.6) is 5.75 Å². The van der Waals surface area contributed by atoms with Gasteiger partial charge in [0.1, 0.15) is 11.5 Å². The summed E-state index contributed by atoms with van der Waals surface area (Å²) in [7, 11) is 0. The van der Waals surface area contributed by atoms with Crippen LogP contribution in [-0.4, -0.2) is 15.7 Å². The summed E-state index contributed by atoms with van der Waals surface area (Å²) in [6, 6.07) is 10.1. The predicted molar refractivity (Wildman–Crippen MR) is 95.3 cm³/mol. The molecular weight excluding hydrogens is 453 g/mol. The van der Waals surface area contributed by atoms with Gasteiger partial charge in [0.25, 0.3) is 0 Å². The number of ether oxygens (including phenoxy) is 1. The van der Waals surface area contributed by atoms with E-state index < -0.39 is 9.90 Å². The Morgan fingerprint density at radius 3 is 2.33 bits per heavy atom. The van der Waals surface area contributed by atoms with Crippen LogP contribution in [0.1, 0.15) is 28.4 Å². The van der Waals surface area contributed by atoms with Crippen molar-refractivity contribution in [2.24, 2.45) is 0 Å². The Morgan fingerprint density at radius 1 is 1.17 bits per heavy atom. The van der Waals surface area contributed by atoms with Crippen LogP contribution in [0.3, 0.4) is 0 Å². The van der Waals surface area contributed by atoms with Gasteiger partial charge in [-0.1, -0.05) is 17.7 Å². The van der Waals surface area contributed by atoms with E-state index in [-0.39, 0.29) is 23.5 Å². The highest BCUT2D eigenvalue weighted by atomic mass is 127. The first kappa shape index (κ1) is 18.8. The van der Waals surface area contributed by atoms with Crippen LogP contribution in [0.15, 0.2) is 42.5 Å². The van der Waals surface area contributed by atoms with Crippen molar-refractivity contribution in [3.63, 3.8) is 0 Å². The molecule has 0 amide bonds. The SMILES string of the molecule is CC(=O)Cc1ccc(OC(F)(F)I)cc1C(=O)c1ccc(Cl)cc1. The summed E-state index contributed by atoms with van der Waals surface area (Å²) < 4.78 is 27.2. The summed E-state index contributed by atoms with van der Waals surface area (Å²) in [5, 5.41) is 0.470. The van der Waals surface area contributed by atoms with Gasteiger partial charge in [-0.25, -0.2) is 0 Å². The molecule has 7 heteroatoms. The van der Waals surface area contributed by atoms with Crippen LogP contribution < -0.4 is 4.74 Å². The average molecular weight is 465 g/mol. The number of benzene rings is 2. The molecule has 0 saturated carbocycles. The fourth-order valence-corrected chi connectivity index (χ4v) is 2.52. The second kappa shape index (κ2) is 7.57. The monoisotopic (exact) mass is 464 g/mol. The van der Waals surface area contributed by atoms with Crippen molar-refractivity contribution < 1.29 is 23.1 Å². The lowest BCUT2D eigenvalue weighted by Gasteiger charge is -2.14. The third-order valence-electron chi connectivity index (χ3n) is 3.11. The van der Waals surface area contributed by atoms with Crippen LogP contribution in [-0.2, 0) is 11.2 Å². The number of carbonyl (C=O) groups is 2. The molecule has 0 aliphatic carbocycles. The van der Waals surface area contributed by atoms with Gasteiger partial charge in [-0.3, -0.25) is 9.59 Å². The molecule has 0 radical (unpaired) electrons. The molecular formula is C17H12ClF2IO3. The zero-order valence-corrected chi connectivity index (χ0v) is 15.4. The molecule has 0 aliphatic heterocycles. The predicted octanol–water partition coefficient (Wildman–Crippen LogP) is 5.07. The zero-order chi connectivity index (χ0) is 17.9. The number of carbonyl (C=O) groups excluding carboxylic acids is 2. The van der Waals surface area contributed by atoms with E-state index in [1.807, 2.05) is 0 Å². The van der Waals surface area contributed by atoms with Crippen LogP contribution >= 0.6 is 34.2 Å². The van der Waals surface area contributed by atoms with Crippen LogP contribution in [0.2, 0.25) is 5.02 Å². The molecule has 126 valence electrons. The highest BCUT2D eigenvalue weighted by Gasteiger charge is 2.27. The minimum Gasteiger partial charge on any atom is -0.425 e. The lowest BCUT2D eigenvalue weighted by atomic mass is 9.95. The van der Waals surface area contributed by atoms with Gasteiger partial charge in [-0.05, 0) is 48.9 Å². The van der Waals surface area contributed by atoms with Crippen LogP contribution in [0.4, 0.5) is 8.78 Å². The molecule has 0 bridgehead atoms. The Labute approximate surface area is 156 Å². The first-order valence-corrected chi connectivity index (χ1v) is 8.30. The van der Waals surface area contributed by atoms with Crippen molar-refractivity contribution in [3.8, 4) is 5.75 Å². The molecule has 0 aromatic heterocycles. The Hall–Kier alpha value is -1.54. The summed E-state index contributed by atoms with van der Waals surface area (Å²) >= 11 is 6.64. The van der Waals surface area contributed by atoms with Gasteiger partial charge in [-0.2, -0.15) is 8.78 Å². The third kappa shape index (κ3) is 5.24. The largest absolute Gasteiger partial charge is 0.451 e. The molecule has 2 rings (SSSR count). The van der Waals surface area contributed by atoms with E-state index in [0.717, 1.165) is 22.6 Å². The van der Waals surface area contributed by atoms with Gasteiger partial charge >= 0.3 is 4.12 Å². The molecule has 0 saturated heterocycles. The molecule has 3 nitrogen and oxygen atoms in total. The van der Waals surface area contributed by atoms with E-state index >= 15 is 0 Å². The van der Waals surface area contributed by atoms with E-state index in [2.05, 4.69) is 4.74 Å². The number of alkyl halides is 3. The summed E-state index contributed by atoms with van der Waals surface area (Å²) in [4.78, 5) is 24.1. The van der Waals surface area contributed by atoms with Crippen LogP contribution in [0.25, 0.3) is 0 Å². The first-order valence-electron chi connectivity index (χ1n) is 6.84. The van der Waals surface area contributed by atoms with Crippen molar-refractivity contribution in [2.45, 2.75) is 17.5 Å². The van der Waals surface area contributed by atoms with Crippen LogP contribution in [0, 0.1) is 0 Å². The molecule has 2 aromatic carbocycles. The van der Waals surface area contributed by atoms with Crippen molar-refractivity contribution in [1.82, 2.24) is 0 Å². The number of hydrogen-bond donors (Lipinski definition) is 0. The van der Waals surface area contributed by atoms with E-state index in [4.69, 9.17) is 11.6 Å². The fraction of sp³-hybridized carbons (Fsp3) is 0.176. The number of Topliss-reactive ketones (excluding diaryl/α,β-unsaturated/α-hetero) is 1. The van der Waals surface area contributed by atoms with Crippen molar-refractivity contribution >= 4 is 45.8 Å². The molecule has 0 heterocycles. The Kier molecular flexibility index (Phi) is 5.92. The highest BCUT2D eigenvalue weighted by molar-refractivity contribution is 14.1. The topological polar surface area (TPSA) is 43.4 Å². The quantitative estimate of drug-likeness (QED) is 0.341. The summed E-state index contributed by atoms with van der Waals surface area (Å²) in [5.41, 5.74) is 0.930. The Balaban J connectivity index is 2.46. The smallest absolute Gasteiger partial charge is 0.425 e. The minimum atomic E-state index is -3.40. The highest BCUT2D eigenvalue weighted by Crippen LogP contribution is 2.30. The van der Waals surface area contributed by atoms with Gasteiger partial charge in [0.15, 0.2) is 5.78 Å². The summed E-state index contributed by atoms with van der Waals surface area (Å²) in [5.74, 6) is -0.697. The summed E-state index contributed by atoms with van der Waals surface area (Å²) in [6.07, 6.45) is 0.0234.